The van der Waals surface area contributed by atoms with E-state index < -0.39 is 0 Å². The summed E-state index contributed by atoms with van der Waals surface area (Å²) in [5.74, 6) is -0.121. The maximum Gasteiger partial charge on any atom is 0.244 e. The van der Waals surface area contributed by atoms with Crippen molar-refractivity contribution in [1.82, 2.24) is 5.32 Å². The van der Waals surface area contributed by atoms with Crippen molar-refractivity contribution in [2.75, 3.05) is 19.8 Å². The Hall–Kier alpha value is -1.13. The zero-order valence-corrected chi connectivity index (χ0v) is 10.4. The third-order valence-corrected chi connectivity index (χ3v) is 2.35. The molecule has 1 saturated heterocycles. The fraction of sp³-hybridized carbons (Fsp3) is 0.615. The molecule has 0 aromatic heterocycles. The van der Waals surface area contributed by atoms with E-state index in [1.807, 2.05) is 6.08 Å². The molecule has 0 spiro atoms. The highest BCUT2D eigenvalue weighted by Gasteiger charge is 2.15. The van der Waals surface area contributed by atoms with E-state index in [-0.39, 0.29) is 12.2 Å². The summed E-state index contributed by atoms with van der Waals surface area (Å²) in [6.07, 6.45) is 10.4. The number of hydrogen-bond acceptors (Lipinski definition) is 3. The van der Waals surface area contributed by atoms with Gasteiger partial charge in [0.2, 0.25) is 5.91 Å². The molecule has 0 saturated carbocycles. The van der Waals surface area contributed by atoms with Crippen molar-refractivity contribution >= 4 is 5.91 Å². The molecule has 0 bridgehead atoms. The third-order valence-electron chi connectivity index (χ3n) is 2.35. The summed E-state index contributed by atoms with van der Waals surface area (Å²) in [5.41, 5.74) is 0. The largest absolute Gasteiger partial charge is 0.348 e. The van der Waals surface area contributed by atoms with Crippen molar-refractivity contribution in [1.29, 1.82) is 0 Å². The maximum absolute atomic E-state index is 11.3. The van der Waals surface area contributed by atoms with Gasteiger partial charge in [0.05, 0.1) is 19.8 Å². The lowest BCUT2D eigenvalue weighted by Gasteiger charge is -2.08. The van der Waals surface area contributed by atoms with Crippen molar-refractivity contribution < 1.29 is 14.3 Å². The van der Waals surface area contributed by atoms with E-state index in [4.69, 9.17) is 9.47 Å². The standard InChI is InChI=1S/C13H21NO3/c1-2-3-4-5-6-7-8-12(15)14-11-13-16-9-10-17-13/h5-8,13H,2-4,9-11H2,1H3,(H,14,15)/b6-5+,8-7+. The average Bonchev–Trinajstić information content (AvgIpc) is 2.84. The van der Waals surface area contributed by atoms with Crippen molar-refractivity contribution in [2.45, 2.75) is 32.5 Å². The Kier molecular flexibility index (Phi) is 7.34. The lowest BCUT2D eigenvalue weighted by Crippen LogP contribution is -2.31. The van der Waals surface area contributed by atoms with Crippen LogP contribution in [0, 0.1) is 0 Å². The van der Waals surface area contributed by atoms with Crippen molar-refractivity contribution in [3.05, 3.63) is 24.3 Å². The number of ether oxygens (including phenoxy) is 2. The van der Waals surface area contributed by atoms with E-state index in [9.17, 15) is 4.79 Å². The Balaban J connectivity index is 2.06. The van der Waals surface area contributed by atoms with Gasteiger partial charge < -0.3 is 14.8 Å². The number of rotatable bonds is 7. The molecule has 1 amide bonds. The zero-order valence-electron chi connectivity index (χ0n) is 10.4. The summed E-state index contributed by atoms with van der Waals surface area (Å²) >= 11 is 0. The third kappa shape index (κ3) is 6.92. The molecule has 0 aromatic carbocycles. The van der Waals surface area contributed by atoms with Crippen LogP contribution < -0.4 is 5.32 Å². The lowest BCUT2D eigenvalue weighted by molar-refractivity contribution is -0.118. The Bertz CT molecular complexity index is 268. The molecular weight excluding hydrogens is 218 g/mol. The van der Waals surface area contributed by atoms with Crippen LogP contribution in [0.1, 0.15) is 26.2 Å². The monoisotopic (exact) mass is 239 g/mol. The molecule has 0 unspecified atom stereocenters. The van der Waals surface area contributed by atoms with E-state index in [2.05, 4.69) is 18.3 Å². The van der Waals surface area contributed by atoms with E-state index >= 15 is 0 Å². The average molecular weight is 239 g/mol. The minimum absolute atomic E-state index is 0.121. The van der Waals surface area contributed by atoms with E-state index in [0.717, 1.165) is 6.42 Å². The highest BCUT2D eigenvalue weighted by molar-refractivity contribution is 5.87. The molecular formula is C13H21NO3. The minimum atomic E-state index is -0.285. The van der Waals surface area contributed by atoms with Gasteiger partial charge in [-0.3, -0.25) is 4.79 Å². The summed E-state index contributed by atoms with van der Waals surface area (Å²) in [7, 11) is 0. The SMILES string of the molecule is CCCC/C=C/C=C/C(=O)NCC1OCCO1. The summed E-state index contributed by atoms with van der Waals surface area (Å²) in [6, 6.07) is 0. The van der Waals surface area contributed by atoms with Crippen LogP contribution in [-0.4, -0.2) is 32.0 Å². The van der Waals surface area contributed by atoms with Gasteiger partial charge in [-0.25, -0.2) is 0 Å². The van der Waals surface area contributed by atoms with Gasteiger partial charge in [-0.05, 0) is 6.42 Å². The molecule has 17 heavy (non-hydrogen) atoms. The molecule has 1 aliphatic heterocycles. The first-order valence-electron chi connectivity index (χ1n) is 6.17. The number of unbranched alkanes of at least 4 members (excludes halogenated alkanes) is 2. The van der Waals surface area contributed by atoms with E-state index in [0.29, 0.717) is 19.8 Å². The number of allylic oxidation sites excluding steroid dienone is 3. The Morgan fingerprint density at radius 2 is 2.12 bits per heavy atom. The van der Waals surface area contributed by atoms with Crippen molar-refractivity contribution in [3.8, 4) is 0 Å². The second-order valence-electron chi connectivity index (χ2n) is 3.85. The molecule has 0 atom stereocenters. The van der Waals surface area contributed by atoms with Gasteiger partial charge in [0.1, 0.15) is 0 Å². The number of hydrogen-bond donors (Lipinski definition) is 1. The fourth-order valence-electron chi connectivity index (χ4n) is 1.41. The second kappa shape index (κ2) is 8.96. The number of carbonyl (C=O) groups excluding carboxylic acids is 1. The molecule has 1 fully saturated rings. The van der Waals surface area contributed by atoms with E-state index in [1.165, 1.54) is 18.9 Å². The zero-order chi connectivity index (χ0) is 12.3. The summed E-state index contributed by atoms with van der Waals surface area (Å²) in [6.45, 7) is 3.78. The lowest BCUT2D eigenvalue weighted by atomic mass is 10.2. The van der Waals surface area contributed by atoms with Gasteiger partial charge in [-0.1, -0.05) is 38.0 Å². The van der Waals surface area contributed by atoms with Gasteiger partial charge in [-0.15, -0.1) is 0 Å². The Morgan fingerprint density at radius 3 is 2.82 bits per heavy atom. The smallest absolute Gasteiger partial charge is 0.244 e. The Morgan fingerprint density at radius 1 is 1.35 bits per heavy atom. The van der Waals surface area contributed by atoms with Crippen LogP contribution in [0.5, 0.6) is 0 Å². The van der Waals surface area contributed by atoms with Gasteiger partial charge >= 0.3 is 0 Å². The van der Waals surface area contributed by atoms with Crippen LogP contribution in [0.25, 0.3) is 0 Å². The first kappa shape index (κ1) is 13.9. The van der Waals surface area contributed by atoms with Crippen LogP contribution in [0.2, 0.25) is 0 Å². The first-order valence-corrected chi connectivity index (χ1v) is 6.17. The van der Waals surface area contributed by atoms with Crippen LogP contribution >= 0.6 is 0 Å². The molecule has 4 nitrogen and oxygen atoms in total. The molecule has 1 rings (SSSR count). The summed E-state index contributed by atoms with van der Waals surface area (Å²) < 4.78 is 10.4. The van der Waals surface area contributed by atoms with E-state index in [1.54, 1.807) is 6.08 Å². The fourth-order valence-corrected chi connectivity index (χ4v) is 1.41. The first-order chi connectivity index (χ1) is 8.33. The highest BCUT2D eigenvalue weighted by atomic mass is 16.7. The minimum Gasteiger partial charge on any atom is -0.348 e. The number of amides is 1. The van der Waals surface area contributed by atoms with Crippen LogP contribution in [-0.2, 0) is 14.3 Å². The van der Waals surface area contributed by atoms with Crippen molar-refractivity contribution in [2.24, 2.45) is 0 Å². The normalized spacial score (nSPS) is 17.2. The highest BCUT2D eigenvalue weighted by Crippen LogP contribution is 2.01. The maximum atomic E-state index is 11.3. The molecule has 1 N–H and O–H groups in total. The molecule has 1 heterocycles. The van der Waals surface area contributed by atoms with Gasteiger partial charge in [0.25, 0.3) is 0 Å². The predicted octanol–water partition coefficient (Wildman–Crippen LogP) is 1.78. The second-order valence-corrected chi connectivity index (χ2v) is 3.85. The summed E-state index contributed by atoms with van der Waals surface area (Å²) in [5, 5.41) is 2.72. The van der Waals surface area contributed by atoms with Crippen molar-refractivity contribution in [3.63, 3.8) is 0 Å². The van der Waals surface area contributed by atoms with Gasteiger partial charge in [0, 0.05) is 6.08 Å². The number of nitrogens with one attached hydrogen (secondary N) is 1. The molecule has 0 aromatic rings. The molecule has 96 valence electrons. The molecule has 1 aliphatic rings. The summed E-state index contributed by atoms with van der Waals surface area (Å²) in [4.78, 5) is 11.3. The Labute approximate surface area is 103 Å². The van der Waals surface area contributed by atoms with Crippen LogP contribution in [0.3, 0.4) is 0 Å². The predicted molar refractivity (Wildman–Crippen MR) is 66.5 cm³/mol. The van der Waals surface area contributed by atoms with Gasteiger partial charge in [-0.2, -0.15) is 0 Å². The van der Waals surface area contributed by atoms with Gasteiger partial charge in [0.15, 0.2) is 6.29 Å². The van der Waals surface area contributed by atoms with Crippen LogP contribution in [0.4, 0.5) is 0 Å². The quantitative estimate of drug-likeness (QED) is 0.418. The molecule has 4 heteroatoms. The van der Waals surface area contributed by atoms with Crippen LogP contribution in [0.15, 0.2) is 24.3 Å². The molecule has 0 radical (unpaired) electrons. The molecule has 0 aliphatic carbocycles. The topological polar surface area (TPSA) is 47.6 Å². The number of carbonyl (C=O) groups is 1.